The van der Waals surface area contributed by atoms with Gasteiger partial charge in [-0.1, -0.05) is 44.4 Å². The van der Waals surface area contributed by atoms with Gasteiger partial charge in [0.25, 0.3) is 0 Å². The molecule has 0 saturated carbocycles. The lowest BCUT2D eigenvalue weighted by atomic mass is 9.99. The Morgan fingerprint density at radius 1 is 1.28 bits per heavy atom. The number of rotatable bonds is 7. The number of hydrogen-bond donors (Lipinski definition) is 1. The Balaban J connectivity index is 2.41. The van der Waals surface area contributed by atoms with Gasteiger partial charge < -0.3 is 9.84 Å². The predicted octanol–water partition coefficient (Wildman–Crippen LogP) is 3.17. The number of carbonyl (C=O) groups is 1. The van der Waals surface area contributed by atoms with E-state index in [1.807, 2.05) is 18.2 Å². The van der Waals surface area contributed by atoms with Gasteiger partial charge >= 0.3 is 5.97 Å². The summed E-state index contributed by atoms with van der Waals surface area (Å²) < 4.78 is 5.20. The molecular weight excluding hydrogens is 228 g/mol. The van der Waals surface area contributed by atoms with Crippen LogP contribution in [0.4, 0.5) is 0 Å². The van der Waals surface area contributed by atoms with Crippen LogP contribution >= 0.6 is 0 Å². The number of aliphatic hydroxyl groups is 1. The number of benzene rings is 1. The van der Waals surface area contributed by atoms with Crippen LogP contribution in [0.1, 0.15) is 39.5 Å². The molecule has 0 aliphatic rings. The van der Waals surface area contributed by atoms with Crippen LogP contribution in [0.15, 0.2) is 30.3 Å². The van der Waals surface area contributed by atoms with Crippen LogP contribution in [0.25, 0.3) is 0 Å². The smallest absolute Gasteiger partial charge is 0.316 e. The van der Waals surface area contributed by atoms with Crippen molar-refractivity contribution in [3.8, 4) is 5.75 Å². The van der Waals surface area contributed by atoms with Crippen molar-refractivity contribution in [2.45, 2.75) is 45.6 Å². The van der Waals surface area contributed by atoms with Crippen molar-refractivity contribution < 1.29 is 14.6 Å². The monoisotopic (exact) mass is 250 g/mol. The van der Waals surface area contributed by atoms with E-state index in [-0.39, 0.29) is 5.97 Å². The van der Waals surface area contributed by atoms with Crippen molar-refractivity contribution in [3.63, 3.8) is 0 Å². The molecule has 0 aliphatic carbocycles. The minimum Gasteiger partial charge on any atom is -0.426 e. The van der Waals surface area contributed by atoms with E-state index < -0.39 is 12.0 Å². The van der Waals surface area contributed by atoms with Gasteiger partial charge in [0.05, 0.1) is 12.0 Å². The molecule has 0 heterocycles. The van der Waals surface area contributed by atoms with Gasteiger partial charge in [0.1, 0.15) is 5.75 Å². The quantitative estimate of drug-likeness (QED) is 0.459. The van der Waals surface area contributed by atoms with Crippen LogP contribution in [0.5, 0.6) is 5.75 Å². The molecule has 0 bridgehead atoms. The van der Waals surface area contributed by atoms with Gasteiger partial charge in [-0.15, -0.1) is 0 Å². The van der Waals surface area contributed by atoms with Gasteiger partial charge in [-0.3, -0.25) is 4.79 Å². The predicted molar refractivity (Wildman–Crippen MR) is 71.4 cm³/mol. The molecule has 0 radical (unpaired) electrons. The summed E-state index contributed by atoms with van der Waals surface area (Å²) in [7, 11) is 0. The highest BCUT2D eigenvalue weighted by Gasteiger charge is 2.23. The third-order valence-corrected chi connectivity index (χ3v) is 3.01. The molecule has 0 saturated heterocycles. The minimum absolute atomic E-state index is 0.370. The van der Waals surface area contributed by atoms with E-state index in [2.05, 4.69) is 6.92 Å². The minimum atomic E-state index is -0.618. The highest BCUT2D eigenvalue weighted by Crippen LogP contribution is 2.16. The molecular formula is C15H22O3. The lowest BCUT2D eigenvalue weighted by Crippen LogP contribution is -2.29. The van der Waals surface area contributed by atoms with E-state index in [0.29, 0.717) is 12.2 Å². The Labute approximate surface area is 109 Å². The third kappa shape index (κ3) is 4.88. The molecule has 0 unspecified atom stereocenters. The number of aliphatic hydroxyl groups excluding tert-OH is 1. The second-order valence-corrected chi connectivity index (χ2v) is 4.59. The van der Waals surface area contributed by atoms with Crippen LogP contribution in [-0.2, 0) is 4.79 Å². The van der Waals surface area contributed by atoms with Crippen molar-refractivity contribution in [3.05, 3.63) is 30.3 Å². The molecule has 3 nitrogen and oxygen atoms in total. The second kappa shape index (κ2) is 7.88. The average molecular weight is 250 g/mol. The molecule has 0 aromatic heterocycles. The summed E-state index contributed by atoms with van der Waals surface area (Å²) in [6.45, 7) is 3.82. The number of carbonyl (C=O) groups excluding carboxylic acids is 1. The van der Waals surface area contributed by atoms with Gasteiger partial charge in [0, 0.05) is 0 Å². The maximum Gasteiger partial charge on any atom is 0.316 e. The summed E-state index contributed by atoms with van der Waals surface area (Å²) in [5.41, 5.74) is 0. The highest BCUT2D eigenvalue weighted by atomic mass is 16.5. The van der Waals surface area contributed by atoms with E-state index in [4.69, 9.17) is 4.74 Å². The fourth-order valence-electron chi connectivity index (χ4n) is 1.71. The fourth-order valence-corrected chi connectivity index (χ4v) is 1.71. The topological polar surface area (TPSA) is 46.5 Å². The summed E-state index contributed by atoms with van der Waals surface area (Å²) in [6.07, 6.45) is 3.17. The Kier molecular flexibility index (Phi) is 6.44. The molecule has 2 atom stereocenters. The van der Waals surface area contributed by atoms with E-state index in [1.165, 1.54) is 0 Å². The van der Waals surface area contributed by atoms with Crippen molar-refractivity contribution in [2.75, 3.05) is 0 Å². The lowest BCUT2D eigenvalue weighted by Gasteiger charge is -2.17. The van der Waals surface area contributed by atoms with Crippen LogP contribution in [-0.4, -0.2) is 17.2 Å². The number of hydrogen-bond acceptors (Lipinski definition) is 3. The van der Waals surface area contributed by atoms with Crippen LogP contribution in [0, 0.1) is 5.92 Å². The molecule has 1 N–H and O–H groups in total. The molecule has 0 spiro atoms. The Hall–Kier alpha value is -1.35. The van der Waals surface area contributed by atoms with Gasteiger partial charge in [0.15, 0.2) is 0 Å². The summed E-state index contributed by atoms with van der Waals surface area (Å²) in [4.78, 5) is 11.8. The molecule has 0 aliphatic heterocycles. The van der Waals surface area contributed by atoms with E-state index in [0.717, 1.165) is 19.3 Å². The lowest BCUT2D eigenvalue weighted by molar-refractivity contribution is -0.142. The van der Waals surface area contributed by atoms with Gasteiger partial charge in [-0.25, -0.2) is 0 Å². The number of ether oxygens (including phenoxy) is 1. The highest BCUT2D eigenvalue weighted by molar-refractivity contribution is 5.75. The standard InChI is InChI=1S/C15H22O3/c1-3-4-6-11-14(16)12(2)15(17)18-13-9-7-5-8-10-13/h5,7-10,12,14,16H,3-4,6,11H2,1-2H3/t12-,14+/m1/s1. The Morgan fingerprint density at radius 2 is 1.94 bits per heavy atom. The second-order valence-electron chi connectivity index (χ2n) is 4.59. The zero-order valence-corrected chi connectivity index (χ0v) is 11.1. The SMILES string of the molecule is CCCCC[C@H](O)[C@@H](C)C(=O)Oc1ccccc1. The molecule has 1 rings (SSSR count). The van der Waals surface area contributed by atoms with Crippen molar-refractivity contribution in [1.29, 1.82) is 0 Å². The first kappa shape index (κ1) is 14.7. The van der Waals surface area contributed by atoms with Gasteiger partial charge in [-0.2, -0.15) is 0 Å². The average Bonchev–Trinajstić information content (AvgIpc) is 2.39. The van der Waals surface area contributed by atoms with Gasteiger partial charge in [-0.05, 0) is 25.5 Å². The largest absolute Gasteiger partial charge is 0.426 e. The summed E-state index contributed by atoms with van der Waals surface area (Å²) in [5, 5.41) is 9.89. The van der Waals surface area contributed by atoms with Crippen molar-refractivity contribution in [2.24, 2.45) is 5.92 Å². The van der Waals surface area contributed by atoms with Crippen molar-refractivity contribution >= 4 is 5.97 Å². The third-order valence-electron chi connectivity index (χ3n) is 3.01. The Morgan fingerprint density at radius 3 is 2.56 bits per heavy atom. The number of esters is 1. The number of para-hydroxylation sites is 1. The summed E-state index contributed by atoms with van der Waals surface area (Å²) in [6, 6.07) is 8.94. The van der Waals surface area contributed by atoms with E-state index >= 15 is 0 Å². The summed E-state index contributed by atoms with van der Waals surface area (Å²) >= 11 is 0. The zero-order chi connectivity index (χ0) is 13.4. The fraction of sp³-hybridized carbons (Fsp3) is 0.533. The first-order chi connectivity index (χ1) is 8.65. The van der Waals surface area contributed by atoms with E-state index in [1.54, 1.807) is 19.1 Å². The molecule has 1 aromatic carbocycles. The van der Waals surface area contributed by atoms with E-state index in [9.17, 15) is 9.90 Å². The molecule has 1 aromatic rings. The summed E-state index contributed by atoms with van der Waals surface area (Å²) in [5.74, 6) is -0.331. The van der Waals surface area contributed by atoms with Crippen LogP contribution in [0.3, 0.4) is 0 Å². The Bertz CT molecular complexity index is 348. The molecule has 100 valence electrons. The molecule has 0 amide bonds. The van der Waals surface area contributed by atoms with Crippen LogP contribution in [0.2, 0.25) is 0 Å². The number of unbranched alkanes of at least 4 members (excludes halogenated alkanes) is 2. The van der Waals surface area contributed by atoms with Crippen molar-refractivity contribution in [1.82, 2.24) is 0 Å². The maximum absolute atomic E-state index is 11.8. The maximum atomic E-state index is 11.8. The first-order valence-electron chi connectivity index (χ1n) is 6.60. The van der Waals surface area contributed by atoms with Gasteiger partial charge in [0.2, 0.25) is 0 Å². The van der Waals surface area contributed by atoms with Crippen LogP contribution < -0.4 is 4.74 Å². The normalized spacial score (nSPS) is 13.9. The molecule has 18 heavy (non-hydrogen) atoms. The zero-order valence-electron chi connectivity index (χ0n) is 11.1. The molecule has 0 fully saturated rings. The first-order valence-corrected chi connectivity index (χ1v) is 6.60. The molecule has 3 heteroatoms.